The van der Waals surface area contributed by atoms with E-state index in [0.29, 0.717) is 12.6 Å². The Labute approximate surface area is 194 Å². The topological polar surface area (TPSA) is 79.7 Å². The van der Waals surface area contributed by atoms with E-state index in [1.54, 1.807) is 9.47 Å². The van der Waals surface area contributed by atoms with Gasteiger partial charge in [-0.2, -0.15) is 4.98 Å². The standard InChI is InChI=1S/C25H31N5O3/c1-5-6-17-33-24(32)22-23(26-21(31)18-29(4)19-13-9-7-10-14-19)27-25(28(2)3)30(22)20-15-11-8-12-16-20/h7-16H,5-6,17-18H2,1-4H3,(H,26,31). The number of unbranched alkanes of at least 4 members (excludes halogenated alkanes) is 1. The van der Waals surface area contributed by atoms with Crippen LogP contribution in [-0.4, -0.2) is 55.7 Å². The molecular weight excluding hydrogens is 418 g/mol. The number of para-hydroxylation sites is 2. The molecule has 1 aromatic heterocycles. The Morgan fingerprint density at radius 3 is 2.24 bits per heavy atom. The van der Waals surface area contributed by atoms with Crippen LogP contribution in [0, 0.1) is 0 Å². The van der Waals surface area contributed by atoms with Gasteiger partial charge in [-0.25, -0.2) is 4.79 Å². The molecular formula is C25H31N5O3. The number of rotatable bonds is 10. The zero-order chi connectivity index (χ0) is 23.8. The van der Waals surface area contributed by atoms with Gasteiger partial charge >= 0.3 is 5.97 Å². The molecule has 0 fully saturated rings. The van der Waals surface area contributed by atoms with Crippen molar-refractivity contribution in [3.63, 3.8) is 0 Å². The molecule has 0 saturated heterocycles. The summed E-state index contributed by atoms with van der Waals surface area (Å²) in [5.41, 5.74) is 1.85. The largest absolute Gasteiger partial charge is 0.461 e. The van der Waals surface area contributed by atoms with Crippen molar-refractivity contribution >= 4 is 29.3 Å². The number of nitrogens with one attached hydrogen (secondary N) is 1. The zero-order valence-corrected chi connectivity index (χ0v) is 19.6. The molecule has 0 spiro atoms. The molecule has 1 N–H and O–H groups in total. The molecule has 1 amide bonds. The number of ether oxygens (including phenoxy) is 1. The summed E-state index contributed by atoms with van der Waals surface area (Å²) in [5, 5.41) is 2.83. The Bertz CT molecular complexity index is 1060. The maximum Gasteiger partial charge on any atom is 0.359 e. The Kier molecular flexibility index (Phi) is 8.07. The third-order valence-electron chi connectivity index (χ3n) is 5.03. The first kappa shape index (κ1) is 23.8. The second kappa shape index (κ2) is 11.2. The van der Waals surface area contributed by atoms with Gasteiger partial charge in [0.15, 0.2) is 11.5 Å². The molecule has 0 saturated carbocycles. The zero-order valence-electron chi connectivity index (χ0n) is 19.6. The Morgan fingerprint density at radius 2 is 1.64 bits per heavy atom. The monoisotopic (exact) mass is 449 g/mol. The lowest BCUT2D eigenvalue weighted by atomic mass is 10.3. The lowest BCUT2D eigenvalue weighted by Crippen LogP contribution is -2.30. The molecule has 3 aromatic rings. The molecule has 0 bridgehead atoms. The summed E-state index contributed by atoms with van der Waals surface area (Å²) in [4.78, 5) is 34.2. The van der Waals surface area contributed by atoms with Crippen LogP contribution in [0.15, 0.2) is 60.7 Å². The summed E-state index contributed by atoms with van der Waals surface area (Å²) < 4.78 is 7.23. The summed E-state index contributed by atoms with van der Waals surface area (Å²) in [6.45, 7) is 2.43. The second-order valence-electron chi connectivity index (χ2n) is 7.90. The van der Waals surface area contributed by atoms with Crippen molar-refractivity contribution in [1.29, 1.82) is 0 Å². The van der Waals surface area contributed by atoms with Gasteiger partial charge in [0.05, 0.1) is 13.2 Å². The quantitative estimate of drug-likeness (QED) is 0.373. The average Bonchev–Trinajstić information content (AvgIpc) is 3.19. The first-order chi connectivity index (χ1) is 15.9. The molecule has 0 unspecified atom stereocenters. The maximum absolute atomic E-state index is 13.1. The molecule has 33 heavy (non-hydrogen) atoms. The van der Waals surface area contributed by atoms with Crippen molar-refractivity contribution in [2.75, 3.05) is 49.4 Å². The Balaban J connectivity index is 1.95. The van der Waals surface area contributed by atoms with Gasteiger partial charge < -0.3 is 19.9 Å². The van der Waals surface area contributed by atoms with E-state index >= 15 is 0 Å². The van der Waals surface area contributed by atoms with Crippen molar-refractivity contribution in [2.24, 2.45) is 0 Å². The Morgan fingerprint density at radius 1 is 1.00 bits per heavy atom. The van der Waals surface area contributed by atoms with Crippen LogP contribution in [0.4, 0.5) is 17.5 Å². The van der Waals surface area contributed by atoms with Gasteiger partial charge in [0.25, 0.3) is 0 Å². The van der Waals surface area contributed by atoms with Gasteiger partial charge in [-0.1, -0.05) is 49.7 Å². The number of hydrogen-bond donors (Lipinski definition) is 1. The SMILES string of the molecule is CCCCOC(=O)c1c(NC(=O)CN(C)c2ccccc2)nc(N(C)C)n1-c1ccccc1. The van der Waals surface area contributed by atoms with Gasteiger partial charge in [0.2, 0.25) is 11.9 Å². The van der Waals surface area contributed by atoms with Crippen molar-refractivity contribution in [3.8, 4) is 5.69 Å². The number of likely N-dealkylation sites (N-methyl/N-ethyl adjacent to an activating group) is 1. The van der Waals surface area contributed by atoms with Crippen molar-refractivity contribution in [3.05, 3.63) is 66.4 Å². The van der Waals surface area contributed by atoms with Crippen molar-refractivity contribution in [1.82, 2.24) is 9.55 Å². The minimum atomic E-state index is -0.528. The summed E-state index contributed by atoms with van der Waals surface area (Å²) in [6, 6.07) is 19.0. The molecule has 0 radical (unpaired) electrons. The normalized spacial score (nSPS) is 10.5. The van der Waals surface area contributed by atoms with Crippen molar-refractivity contribution < 1.29 is 14.3 Å². The van der Waals surface area contributed by atoms with Crippen LogP contribution < -0.4 is 15.1 Å². The fraction of sp³-hybridized carbons (Fsp3) is 0.320. The molecule has 8 nitrogen and oxygen atoms in total. The molecule has 3 rings (SSSR count). The maximum atomic E-state index is 13.1. The minimum absolute atomic E-state index is 0.101. The second-order valence-corrected chi connectivity index (χ2v) is 7.90. The summed E-state index contributed by atoms with van der Waals surface area (Å²) >= 11 is 0. The first-order valence-electron chi connectivity index (χ1n) is 11.0. The minimum Gasteiger partial charge on any atom is -0.461 e. The molecule has 2 aromatic carbocycles. The summed E-state index contributed by atoms with van der Waals surface area (Å²) in [7, 11) is 5.51. The van der Waals surface area contributed by atoms with Gasteiger partial charge in [-0.3, -0.25) is 9.36 Å². The molecule has 174 valence electrons. The van der Waals surface area contributed by atoms with Gasteiger partial charge in [0, 0.05) is 32.5 Å². The lowest BCUT2D eigenvalue weighted by Gasteiger charge is -2.18. The highest BCUT2D eigenvalue weighted by atomic mass is 16.5. The number of esters is 1. The van der Waals surface area contributed by atoms with E-state index < -0.39 is 5.97 Å². The van der Waals surface area contributed by atoms with Crippen LogP contribution in [0.2, 0.25) is 0 Å². The number of nitrogens with zero attached hydrogens (tertiary/aromatic N) is 4. The van der Waals surface area contributed by atoms with Gasteiger partial charge in [0.1, 0.15) is 0 Å². The number of aromatic nitrogens is 2. The van der Waals surface area contributed by atoms with E-state index in [1.165, 1.54) is 0 Å². The molecule has 0 aliphatic heterocycles. The van der Waals surface area contributed by atoms with E-state index in [-0.39, 0.29) is 24.0 Å². The fourth-order valence-corrected chi connectivity index (χ4v) is 3.34. The number of imidazole rings is 1. The first-order valence-corrected chi connectivity index (χ1v) is 11.0. The van der Waals surface area contributed by atoms with Crippen LogP contribution in [0.3, 0.4) is 0 Å². The smallest absolute Gasteiger partial charge is 0.359 e. The number of carbonyl (C=O) groups excluding carboxylic acids is 2. The van der Waals surface area contributed by atoms with Crippen LogP contribution in [0.25, 0.3) is 5.69 Å². The number of hydrogen-bond acceptors (Lipinski definition) is 6. The van der Waals surface area contributed by atoms with Crippen LogP contribution in [0.5, 0.6) is 0 Å². The summed E-state index contributed by atoms with van der Waals surface area (Å²) in [5.74, 6) is -0.127. The average molecular weight is 450 g/mol. The molecule has 1 heterocycles. The van der Waals surface area contributed by atoms with E-state index in [4.69, 9.17) is 4.74 Å². The lowest BCUT2D eigenvalue weighted by molar-refractivity contribution is -0.114. The van der Waals surface area contributed by atoms with Crippen LogP contribution >= 0.6 is 0 Å². The summed E-state index contributed by atoms with van der Waals surface area (Å²) in [6.07, 6.45) is 1.67. The van der Waals surface area contributed by atoms with Gasteiger partial charge in [-0.05, 0) is 30.7 Å². The van der Waals surface area contributed by atoms with Gasteiger partial charge in [-0.15, -0.1) is 0 Å². The van der Waals surface area contributed by atoms with Crippen molar-refractivity contribution in [2.45, 2.75) is 19.8 Å². The third-order valence-corrected chi connectivity index (χ3v) is 5.03. The highest BCUT2D eigenvalue weighted by molar-refractivity contribution is 6.01. The Hall–Kier alpha value is -3.81. The number of carbonyl (C=O) groups is 2. The van der Waals surface area contributed by atoms with Crippen LogP contribution in [0.1, 0.15) is 30.3 Å². The molecule has 0 aliphatic rings. The molecule has 0 atom stereocenters. The third kappa shape index (κ3) is 5.91. The van der Waals surface area contributed by atoms with Crippen LogP contribution in [-0.2, 0) is 9.53 Å². The van der Waals surface area contributed by atoms with E-state index in [1.807, 2.05) is 93.6 Å². The highest BCUT2D eigenvalue weighted by Crippen LogP contribution is 2.28. The van der Waals surface area contributed by atoms with E-state index in [0.717, 1.165) is 24.2 Å². The predicted molar refractivity (Wildman–Crippen MR) is 131 cm³/mol. The molecule has 8 heteroatoms. The fourth-order valence-electron chi connectivity index (χ4n) is 3.34. The number of anilines is 3. The predicted octanol–water partition coefficient (Wildman–Crippen LogP) is 3.97. The van der Waals surface area contributed by atoms with E-state index in [9.17, 15) is 9.59 Å². The van der Waals surface area contributed by atoms with E-state index in [2.05, 4.69) is 10.3 Å². The highest BCUT2D eigenvalue weighted by Gasteiger charge is 2.28. The number of benzene rings is 2. The molecule has 0 aliphatic carbocycles. The number of amides is 1.